The van der Waals surface area contributed by atoms with Crippen molar-refractivity contribution in [3.05, 3.63) is 35.2 Å². The van der Waals surface area contributed by atoms with E-state index in [4.69, 9.17) is 0 Å². The lowest BCUT2D eigenvalue weighted by atomic mass is 10.0. The first-order valence-electron chi connectivity index (χ1n) is 7.19. The number of nitrogens with one attached hydrogen (secondary N) is 2. The van der Waals surface area contributed by atoms with Crippen LogP contribution in [-0.4, -0.2) is 26.1 Å². The first kappa shape index (κ1) is 12.9. The van der Waals surface area contributed by atoms with Crippen LogP contribution in [-0.2, 0) is 4.79 Å². The molecule has 1 atom stereocenters. The predicted molar refractivity (Wildman–Crippen MR) is 83.6 cm³/mol. The topological polar surface area (TPSA) is 83.6 Å². The van der Waals surface area contributed by atoms with Gasteiger partial charge in [0.05, 0.1) is 28.3 Å². The molecule has 22 heavy (non-hydrogen) atoms. The van der Waals surface area contributed by atoms with Crippen LogP contribution in [0, 0.1) is 13.8 Å². The van der Waals surface area contributed by atoms with Crippen molar-refractivity contribution in [3.63, 3.8) is 0 Å². The summed E-state index contributed by atoms with van der Waals surface area (Å²) in [7, 11) is 0. The molecule has 0 radical (unpaired) electrons. The highest BCUT2D eigenvalue weighted by Gasteiger charge is 2.27. The number of H-pyrrole nitrogens is 1. The van der Waals surface area contributed by atoms with Gasteiger partial charge in [0.1, 0.15) is 5.82 Å². The molecule has 0 spiro atoms. The van der Waals surface area contributed by atoms with Crippen molar-refractivity contribution in [2.75, 3.05) is 5.32 Å². The molecule has 2 N–H and O–H groups in total. The van der Waals surface area contributed by atoms with E-state index in [0.29, 0.717) is 0 Å². The fraction of sp³-hybridized carbons (Fsp3) is 0.250. The fourth-order valence-electron chi connectivity index (χ4n) is 2.84. The molecule has 1 aliphatic rings. The molecular weight excluding hydrogens is 278 g/mol. The van der Waals surface area contributed by atoms with Crippen LogP contribution in [0.25, 0.3) is 22.4 Å². The van der Waals surface area contributed by atoms with E-state index in [0.717, 1.165) is 45.1 Å². The first-order chi connectivity index (χ1) is 10.5. The molecule has 4 rings (SSSR count). The van der Waals surface area contributed by atoms with Gasteiger partial charge in [-0.3, -0.25) is 4.79 Å². The number of aromatic amines is 1. The predicted octanol–water partition coefficient (Wildman–Crippen LogP) is 2.69. The molecule has 0 aliphatic carbocycles. The monoisotopic (exact) mass is 293 g/mol. The Hall–Kier alpha value is -2.76. The second-order valence-electron chi connectivity index (χ2n) is 5.74. The van der Waals surface area contributed by atoms with Crippen LogP contribution in [0.4, 0.5) is 5.69 Å². The number of aromatic nitrogens is 4. The number of imidazole rings is 1. The standard InChI is InChI=1S/C16H15N5O/c1-7-4-11(9(3)21-20-7)15-17-13-5-10-8(2)16(22)19-12(10)6-14(13)18-15/h4-6,8H,1-3H3,(H,17,18)(H,19,22). The third-order valence-corrected chi connectivity index (χ3v) is 4.13. The summed E-state index contributed by atoms with van der Waals surface area (Å²) in [6.45, 7) is 5.73. The summed E-state index contributed by atoms with van der Waals surface area (Å²) in [6.07, 6.45) is 0. The molecule has 1 aromatic carbocycles. The molecule has 6 heteroatoms. The maximum atomic E-state index is 11.7. The number of carbonyl (C=O) groups is 1. The van der Waals surface area contributed by atoms with Gasteiger partial charge >= 0.3 is 0 Å². The zero-order valence-corrected chi connectivity index (χ0v) is 12.6. The zero-order valence-electron chi connectivity index (χ0n) is 12.6. The molecule has 6 nitrogen and oxygen atoms in total. The SMILES string of the molecule is Cc1cc(-c2nc3cc4c(cc3[nH]2)C(C)C(=O)N4)c(C)nn1. The molecule has 0 fully saturated rings. The molecular formula is C16H15N5O. The highest BCUT2D eigenvalue weighted by molar-refractivity contribution is 6.05. The van der Waals surface area contributed by atoms with Crippen molar-refractivity contribution < 1.29 is 4.79 Å². The highest BCUT2D eigenvalue weighted by atomic mass is 16.2. The number of nitrogens with zero attached hydrogens (tertiary/aromatic N) is 3. The normalized spacial score (nSPS) is 16.9. The van der Waals surface area contributed by atoms with Crippen molar-refractivity contribution in [1.29, 1.82) is 0 Å². The van der Waals surface area contributed by atoms with Crippen LogP contribution in [0.2, 0.25) is 0 Å². The largest absolute Gasteiger partial charge is 0.338 e. The van der Waals surface area contributed by atoms with Gasteiger partial charge in [0.2, 0.25) is 5.91 Å². The smallest absolute Gasteiger partial charge is 0.231 e. The minimum atomic E-state index is -0.127. The summed E-state index contributed by atoms with van der Waals surface area (Å²) in [5, 5.41) is 11.1. The van der Waals surface area contributed by atoms with E-state index in [9.17, 15) is 4.79 Å². The Morgan fingerprint density at radius 3 is 2.77 bits per heavy atom. The molecule has 0 saturated carbocycles. The van der Waals surface area contributed by atoms with Crippen molar-refractivity contribution in [2.24, 2.45) is 0 Å². The number of hydrogen-bond acceptors (Lipinski definition) is 4. The summed E-state index contributed by atoms with van der Waals surface area (Å²) in [5.74, 6) is 0.679. The molecule has 0 saturated heterocycles. The van der Waals surface area contributed by atoms with Crippen molar-refractivity contribution in [2.45, 2.75) is 26.7 Å². The Labute approximate surface area is 127 Å². The number of benzene rings is 1. The number of carbonyl (C=O) groups excluding carboxylic acids is 1. The van der Waals surface area contributed by atoms with E-state index in [2.05, 4.69) is 25.5 Å². The van der Waals surface area contributed by atoms with E-state index in [1.54, 1.807) is 0 Å². The minimum absolute atomic E-state index is 0.0349. The highest BCUT2D eigenvalue weighted by Crippen LogP contribution is 2.35. The summed E-state index contributed by atoms with van der Waals surface area (Å²) in [6, 6.07) is 5.89. The summed E-state index contributed by atoms with van der Waals surface area (Å²) >= 11 is 0. The summed E-state index contributed by atoms with van der Waals surface area (Å²) in [5.41, 5.74) is 6.24. The fourth-order valence-corrected chi connectivity index (χ4v) is 2.84. The van der Waals surface area contributed by atoms with Crippen LogP contribution >= 0.6 is 0 Å². The Morgan fingerprint density at radius 2 is 1.95 bits per heavy atom. The lowest BCUT2D eigenvalue weighted by Gasteiger charge is -2.01. The third kappa shape index (κ3) is 1.80. The van der Waals surface area contributed by atoms with E-state index < -0.39 is 0 Å². The van der Waals surface area contributed by atoms with Gasteiger partial charge in [-0.15, -0.1) is 0 Å². The number of aryl methyl sites for hydroxylation is 2. The van der Waals surface area contributed by atoms with Gasteiger partial charge in [0.25, 0.3) is 0 Å². The average molecular weight is 293 g/mol. The van der Waals surface area contributed by atoms with Gasteiger partial charge in [-0.1, -0.05) is 0 Å². The lowest BCUT2D eigenvalue weighted by Crippen LogP contribution is -2.08. The molecule has 1 amide bonds. The second kappa shape index (κ2) is 4.37. The Kier molecular flexibility index (Phi) is 2.57. The Bertz CT molecular complexity index is 928. The second-order valence-corrected chi connectivity index (χ2v) is 5.74. The summed E-state index contributed by atoms with van der Waals surface area (Å²) in [4.78, 5) is 19.7. The molecule has 2 aromatic heterocycles. The molecule has 3 heterocycles. The zero-order chi connectivity index (χ0) is 15.4. The van der Waals surface area contributed by atoms with Gasteiger partial charge in [0.15, 0.2) is 0 Å². The summed E-state index contributed by atoms with van der Waals surface area (Å²) < 4.78 is 0. The minimum Gasteiger partial charge on any atom is -0.338 e. The molecule has 1 aliphatic heterocycles. The van der Waals surface area contributed by atoms with Gasteiger partial charge in [-0.05, 0) is 44.5 Å². The maximum Gasteiger partial charge on any atom is 0.231 e. The third-order valence-electron chi connectivity index (χ3n) is 4.13. The van der Waals surface area contributed by atoms with Gasteiger partial charge in [0, 0.05) is 11.3 Å². The average Bonchev–Trinajstić information content (AvgIpc) is 3.01. The number of amides is 1. The van der Waals surface area contributed by atoms with E-state index in [1.807, 2.05) is 39.0 Å². The van der Waals surface area contributed by atoms with Crippen molar-refractivity contribution in [1.82, 2.24) is 20.2 Å². The van der Waals surface area contributed by atoms with E-state index in [-0.39, 0.29) is 11.8 Å². The van der Waals surface area contributed by atoms with Crippen LogP contribution in [0.15, 0.2) is 18.2 Å². The van der Waals surface area contributed by atoms with Gasteiger partial charge in [-0.25, -0.2) is 4.98 Å². The number of anilines is 1. The molecule has 110 valence electrons. The van der Waals surface area contributed by atoms with Crippen LogP contribution in [0.1, 0.15) is 29.8 Å². The number of fused-ring (bicyclic) bond motifs is 2. The quantitative estimate of drug-likeness (QED) is 0.722. The van der Waals surface area contributed by atoms with E-state index in [1.165, 1.54) is 0 Å². The first-order valence-corrected chi connectivity index (χ1v) is 7.19. The van der Waals surface area contributed by atoms with Gasteiger partial charge in [-0.2, -0.15) is 10.2 Å². The van der Waals surface area contributed by atoms with Gasteiger partial charge < -0.3 is 10.3 Å². The molecule has 0 bridgehead atoms. The van der Waals surface area contributed by atoms with Crippen molar-refractivity contribution >= 4 is 22.6 Å². The maximum absolute atomic E-state index is 11.7. The Morgan fingerprint density at radius 1 is 1.14 bits per heavy atom. The van der Waals surface area contributed by atoms with E-state index >= 15 is 0 Å². The molecule has 3 aromatic rings. The lowest BCUT2D eigenvalue weighted by molar-refractivity contribution is -0.116. The van der Waals surface area contributed by atoms with Crippen LogP contribution in [0.5, 0.6) is 0 Å². The number of rotatable bonds is 1. The van der Waals surface area contributed by atoms with Crippen LogP contribution in [0.3, 0.4) is 0 Å². The van der Waals surface area contributed by atoms with Crippen molar-refractivity contribution in [3.8, 4) is 11.4 Å². The number of hydrogen-bond donors (Lipinski definition) is 2. The Balaban J connectivity index is 1.89. The van der Waals surface area contributed by atoms with Crippen LogP contribution < -0.4 is 5.32 Å². The molecule has 1 unspecified atom stereocenters.